The molecule has 0 atom stereocenters. The maximum atomic E-state index is 10.6. The fraction of sp³-hybridized carbons (Fsp3) is 0.300. The third-order valence-corrected chi connectivity index (χ3v) is 1.25. The summed E-state index contributed by atoms with van der Waals surface area (Å²) in [4.78, 5) is 13.2. The van der Waals surface area contributed by atoms with E-state index in [1.807, 2.05) is 13.8 Å². The van der Waals surface area contributed by atoms with Gasteiger partial charge in [0, 0.05) is 0 Å². The van der Waals surface area contributed by atoms with E-state index in [-0.39, 0.29) is 0 Å². The molecule has 1 N–H and O–H groups in total. The standard InChI is InChI=1S/C8H9NO2.C2H6/c1-3-5-6-7(4-2)11-8(10)9-6;1-2/h3-5H,1H2,2H3,(H,9,10);1-2H3/b6-5+,7-4+;. The highest BCUT2D eigenvalue weighted by molar-refractivity contribution is 5.32. The van der Waals surface area contributed by atoms with Gasteiger partial charge < -0.3 is 4.42 Å². The van der Waals surface area contributed by atoms with Crippen molar-refractivity contribution < 1.29 is 4.42 Å². The summed E-state index contributed by atoms with van der Waals surface area (Å²) in [7, 11) is 0. The fourth-order valence-corrected chi connectivity index (χ4v) is 0.808. The molecular weight excluding hydrogens is 166 g/mol. The molecule has 1 heterocycles. The molecule has 0 spiro atoms. The molecule has 0 fully saturated rings. The molecular formula is C10H15NO2. The number of hydrogen-bond acceptors (Lipinski definition) is 2. The van der Waals surface area contributed by atoms with Gasteiger partial charge in [-0.15, -0.1) is 0 Å². The smallest absolute Gasteiger partial charge is 0.408 e. The lowest BCUT2D eigenvalue weighted by molar-refractivity contribution is 0.485. The first-order chi connectivity index (χ1) is 6.27. The molecule has 3 nitrogen and oxygen atoms in total. The predicted molar refractivity (Wildman–Crippen MR) is 54.7 cm³/mol. The molecule has 0 aromatic carbocycles. The number of hydrogen-bond donors (Lipinski definition) is 1. The maximum Gasteiger partial charge on any atom is 0.417 e. The van der Waals surface area contributed by atoms with Crippen LogP contribution in [0.25, 0.3) is 12.2 Å². The highest BCUT2D eigenvalue weighted by atomic mass is 16.4. The zero-order valence-electron chi connectivity index (χ0n) is 8.26. The van der Waals surface area contributed by atoms with Gasteiger partial charge in [-0.05, 0) is 19.1 Å². The molecule has 0 unspecified atom stereocenters. The quantitative estimate of drug-likeness (QED) is 0.695. The molecule has 1 aromatic heterocycles. The molecule has 0 bridgehead atoms. The molecule has 72 valence electrons. The van der Waals surface area contributed by atoms with Crippen LogP contribution in [0.4, 0.5) is 0 Å². The average molecular weight is 181 g/mol. The van der Waals surface area contributed by atoms with Crippen molar-refractivity contribution >= 4 is 12.2 Å². The van der Waals surface area contributed by atoms with Gasteiger partial charge in [0.15, 0.2) is 5.42 Å². The Hall–Kier alpha value is -1.51. The number of nitrogens with one attached hydrogen (secondary N) is 1. The van der Waals surface area contributed by atoms with Gasteiger partial charge in [0.1, 0.15) is 0 Å². The van der Waals surface area contributed by atoms with Gasteiger partial charge in [-0.1, -0.05) is 26.5 Å². The molecule has 0 saturated heterocycles. The third kappa shape index (κ3) is 3.15. The summed E-state index contributed by atoms with van der Waals surface area (Å²) < 4.78 is 4.77. The molecule has 13 heavy (non-hydrogen) atoms. The largest absolute Gasteiger partial charge is 0.417 e. The summed E-state index contributed by atoms with van der Waals surface area (Å²) in [6.07, 6.45) is 4.99. The van der Waals surface area contributed by atoms with E-state index in [1.54, 1.807) is 25.2 Å². The van der Waals surface area contributed by atoms with Crippen LogP contribution in [-0.2, 0) is 0 Å². The zero-order chi connectivity index (χ0) is 10.3. The first-order valence-corrected chi connectivity index (χ1v) is 4.26. The van der Waals surface area contributed by atoms with Crippen LogP contribution in [0.2, 0.25) is 0 Å². The lowest BCUT2D eigenvalue weighted by atomic mass is 10.4. The van der Waals surface area contributed by atoms with Crippen LogP contribution in [-0.4, -0.2) is 4.98 Å². The van der Waals surface area contributed by atoms with E-state index in [2.05, 4.69) is 11.6 Å². The zero-order valence-corrected chi connectivity index (χ0v) is 8.26. The second-order valence-corrected chi connectivity index (χ2v) is 1.98. The number of allylic oxidation sites excluding steroid dienone is 1. The van der Waals surface area contributed by atoms with E-state index >= 15 is 0 Å². The Labute approximate surface area is 77.1 Å². The van der Waals surface area contributed by atoms with E-state index in [0.717, 1.165) is 0 Å². The van der Waals surface area contributed by atoms with Crippen LogP contribution in [0.3, 0.4) is 0 Å². The van der Waals surface area contributed by atoms with Crippen molar-refractivity contribution in [2.75, 3.05) is 0 Å². The Kier molecular flexibility index (Phi) is 5.35. The highest BCUT2D eigenvalue weighted by Crippen LogP contribution is 1.61. The second-order valence-electron chi connectivity index (χ2n) is 1.98. The Morgan fingerprint density at radius 2 is 2.08 bits per heavy atom. The van der Waals surface area contributed by atoms with Crippen molar-refractivity contribution in [3.05, 3.63) is 34.0 Å². The maximum absolute atomic E-state index is 10.6. The summed E-state index contributed by atoms with van der Waals surface area (Å²) >= 11 is 0. The van der Waals surface area contributed by atoms with E-state index in [1.165, 1.54) is 0 Å². The van der Waals surface area contributed by atoms with E-state index in [9.17, 15) is 4.79 Å². The Bertz CT molecular complexity index is 409. The summed E-state index contributed by atoms with van der Waals surface area (Å²) in [5.74, 6) is -0.439. The Morgan fingerprint density at radius 3 is 2.54 bits per heavy atom. The molecule has 0 radical (unpaired) electrons. The minimum Gasteiger partial charge on any atom is -0.408 e. The van der Waals surface area contributed by atoms with Gasteiger partial charge in [-0.2, -0.15) is 0 Å². The average Bonchev–Trinajstić information content (AvgIpc) is 2.50. The first kappa shape index (κ1) is 11.5. The van der Waals surface area contributed by atoms with Crippen LogP contribution in [0.1, 0.15) is 20.8 Å². The molecule has 0 amide bonds. The SMILES string of the molecule is C=C/C=c1/[nH]c(=O)o/c1=C/C.CC. The first-order valence-electron chi connectivity index (χ1n) is 4.26. The highest BCUT2D eigenvalue weighted by Gasteiger charge is 1.89. The summed E-state index contributed by atoms with van der Waals surface area (Å²) in [5.41, 5.74) is 0.551. The van der Waals surface area contributed by atoms with Crippen molar-refractivity contribution in [2.45, 2.75) is 20.8 Å². The second kappa shape index (κ2) is 6.06. The van der Waals surface area contributed by atoms with E-state index in [4.69, 9.17) is 4.42 Å². The summed E-state index contributed by atoms with van der Waals surface area (Å²) in [6, 6.07) is 0. The predicted octanol–water partition coefficient (Wildman–Crippen LogP) is 0.761. The van der Waals surface area contributed by atoms with Gasteiger partial charge in [-0.3, -0.25) is 4.98 Å². The van der Waals surface area contributed by atoms with Crippen LogP contribution >= 0.6 is 0 Å². The molecule has 0 aliphatic rings. The van der Waals surface area contributed by atoms with Gasteiger partial charge >= 0.3 is 5.76 Å². The van der Waals surface area contributed by atoms with E-state index in [0.29, 0.717) is 10.8 Å². The van der Waals surface area contributed by atoms with Crippen LogP contribution in [0.5, 0.6) is 0 Å². The number of oxazole rings is 1. The van der Waals surface area contributed by atoms with Crippen molar-refractivity contribution in [3.63, 3.8) is 0 Å². The van der Waals surface area contributed by atoms with Gasteiger partial charge in [0.05, 0.1) is 5.35 Å². The number of H-pyrrole nitrogens is 1. The summed E-state index contributed by atoms with van der Waals surface area (Å²) in [5, 5.41) is 0.660. The lowest BCUT2D eigenvalue weighted by Crippen LogP contribution is -2.21. The molecule has 0 saturated carbocycles. The van der Waals surface area contributed by atoms with Crippen LogP contribution in [0.15, 0.2) is 21.9 Å². The topological polar surface area (TPSA) is 46.0 Å². The lowest BCUT2D eigenvalue weighted by Gasteiger charge is -1.70. The molecule has 0 aliphatic heterocycles. The Morgan fingerprint density at radius 1 is 1.46 bits per heavy atom. The fourth-order valence-electron chi connectivity index (χ4n) is 0.808. The minimum absolute atomic E-state index is 0.439. The van der Waals surface area contributed by atoms with Crippen molar-refractivity contribution in [3.8, 4) is 0 Å². The molecule has 1 rings (SSSR count). The van der Waals surface area contributed by atoms with Crippen molar-refractivity contribution in [2.24, 2.45) is 0 Å². The molecule has 1 aromatic rings. The van der Waals surface area contributed by atoms with Crippen molar-refractivity contribution in [1.29, 1.82) is 0 Å². The monoisotopic (exact) mass is 181 g/mol. The Balaban J connectivity index is 0.000000671. The number of aromatic nitrogens is 1. The minimum atomic E-state index is -0.439. The third-order valence-electron chi connectivity index (χ3n) is 1.25. The van der Waals surface area contributed by atoms with Gasteiger partial charge in [0.2, 0.25) is 0 Å². The van der Waals surface area contributed by atoms with Crippen LogP contribution in [0, 0.1) is 0 Å². The summed E-state index contributed by atoms with van der Waals surface area (Å²) in [6.45, 7) is 9.31. The van der Waals surface area contributed by atoms with Gasteiger partial charge in [-0.25, -0.2) is 4.79 Å². The number of aromatic amines is 1. The number of rotatable bonds is 1. The molecule has 0 aliphatic carbocycles. The van der Waals surface area contributed by atoms with Crippen molar-refractivity contribution in [1.82, 2.24) is 4.98 Å². The van der Waals surface area contributed by atoms with Crippen LogP contribution < -0.4 is 16.5 Å². The van der Waals surface area contributed by atoms with Gasteiger partial charge in [0.25, 0.3) is 0 Å². The normalized spacial score (nSPS) is 12.2. The molecule has 3 heteroatoms. The van der Waals surface area contributed by atoms with E-state index < -0.39 is 5.76 Å².